The van der Waals surface area contributed by atoms with Gasteiger partial charge < -0.3 is 5.32 Å². The van der Waals surface area contributed by atoms with E-state index in [2.05, 4.69) is 5.32 Å². The molecule has 4 nitrogen and oxygen atoms in total. The Bertz CT molecular complexity index is 508. The highest BCUT2D eigenvalue weighted by molar-refractivity contribution is 6.07. The van der Waals surface area contributed by atoms with Crippen LogP contribution in [0.3, 0.4) is 0 Å². The molecule has 1 atom stereocenters. The summed E-state index contributed by atoms with van der Waals surface area (Å²) in [6.07, 6.45) is 2.21. The van der Waals surface area contributed by atoms with Crippen LogP contribution in [0.5, 0.6) is 0 Å². The van der Waals surface area contributed by atoms with Gasteiger partial charge in [-0.2, -0.15) is 0 Å². The molecule has 0 spiro atoms. The van der Waals surface area contributed by atoms with Gasteiger partial charge in [0.1, 0.15) is 6.04 Å². The summed E-state index contributed by atoms with van der Waals surface area (Å²) in [6.45, 7) is 2.00. The SMILES string of the molecule is Cc1cccc(NC2CC(=O)N(C3CC3)C2=O)c1. The summed E-state index contributed by atoms with van der Waals surface area (Å²) < 4.78 is 0. The summed E-state index contributed by atoms with van der Waals surface area (Å²) in [5, 5.41) is 3.16. The third-order valence-electron chi connectivity index (χ3n) is 3.45. The first-order chi connectivity index (χ1) is 8.65. The molecule has 0 bridgehead atoms. The van der Waals surface area contributed by atoms with Crippen LogP contribution < -0.4 is 5.32 Å². The standard InChI is InChI=1S/C14H16N2O2/c1-9-3-2-4-10(7-9)15-12-8-13(17)16(14(12)18)11-5-6-11/h2-4,7,11-12,15H,5-6,8H2,1H3. The van der Waals surface area contributed by atoms with Crippen molar-refractivity contribution in [2.24, 2.45) is 0 Å². The molecule has 1 aromatic carbocycles. The number of imide groups is 1. The van der Waals surface area contributed by atoms with Gasteiger partial charge in [-0.3, -0.25) is 14.5 Å². The number of hydrogen-bond acceptors (Lipinski definition) is 3. The Morgan fingerprint density at radius 3 is 2.72 bits per heavy atom. The van der Waals surface area contributed by atoms with E-state index in [1.165, 1.54) is 4.90 Å². The predicted molar refractivity (Wildman–Crippen MR) is 68.1 cm³/mol. The lowest BCUT2D eigenvalue weighted by molar-refractivity contribution is -0.139. The number of carbonyl (C=O) groups excluding carboxylic acids is 2. The normalized spacial score (nSPS) is 23.6. The first-order valence-corrected chi connectivity index (χ1v) is 6.34. The van der Waals surface area contributed by atoms with Crippen molar-refractivity contribution in [3.8, 4) is 0 Å². The molecule has 1 heterocycles. The molecule has 0 radical (unpaired) electrons. The molecule has 1 aromatic rings. The Morgan fingerprint density at radius 2 is 2.06 bits per heavy atom. The zero-order valence-corrected chi connectivity index (χ0v) is 10.3. The predicted octanol–water partition coefficient (Wildman–Crippen LogP) is 1.70. The molecule has 0 aromatic heterocycles. The molecule has 2 amide bonds. The maximum absolute atomic E-state index is 12.1. The number of benzene rings is 1. The summed E-state index contributed by atoms with van der Waals surface area (Å²) in [4.78, 5) is 25.4. The molecule has 3 rings (SSSR count). The van der Waals surface area contributed by atoms with E-state index in [9.17, 15) is 9.59 Å². The van der Waals surface area contributed by atoms with E-state index in [1.807, 2.05) is 31.2 Å². The number of nitrogens with zero attached hydrogens (tertiary/aromatic N) is 1. The molecule has 1 N–H and O–H groups in total. The van der Waals surface area contributed by atoms with Gasteiger partial charge in [-0.25, -0.2) is 0 Å². The lowest BCUT2D eigenvalue weighted by Gasteiger charge is -2.15. The minimum absolute atomic E-state index is 0.0346. The zero-order valence-electron chi connectivity index (χ0n) is 10.3. The Kier molecular flexibility index (Phi) is 2.58. The van der Waals surface area contributed by atoms with Crippen molar-refractivity contribution in [3.63, 3.8) is 0 Å². The Hall–Kier alpha value is -1.84. The van der Waals surface area contributed by atoms with E-state index in [0.717, 1.165) is 24.1 Å². The van der Waals surface area contributed by atoms with Gasteiger partial charge in [0.2, 0.25) is 5.91 Å². The summed E-state index contributed by atoms with van der Waals surface area (Å²) in [5.41, 5.74) is 2.04. The molecular weight excluding hydrogens is 228 g/mol. The number of amides is 2. The molecule has 18 heavy (non-hydrogen) atoms. The van der Waals surface area contributed by atoms with Crippen molar-refractivity contribution in [1.82, 2.24) is 4.90 Å². The van der Waals surface area contributed by atoms with Crippen LogP contribution in [0, 0.1) is 6.92 Å². The van der Waals surface area contributed by atoms with Gasteiger partial charge >= 0.3 is 0 Å². The van der Waals surface area contributed by atoms with Crippen molar-refractivity contribution in [1.29, 1.82) is 0 Å². The van der Waals surface area contributed by atoms with E-state index in [-0.39, 0.29) is 30.3 Å². The molecular formula is C14H16N2O2. The molecule has 1 aliphatic heterocycles. The molecule has 2 fully saturated rings. The largest absolute Gasteiger partial charge is 0.373 e. The first-order valence-electron chi connectivity index (χ1n) is 6.34. The quantitative estimate of drug-likeness (QED) is 0.823. The molecule has 1 aliphatic carbocycles. The van der Waals surface area contributed by atoms with Gasteiger partial charge in [0.15, 0.2) is 0 Å². The van der Waals surface area contributed by atoms with E-state index < -0.39 is 0 Å². The topological polar surface area (TPSA) is 49.4 Å². The monoisotopic (exact) mass is 244 g/mol. The third kappa shape index (κ3) is 1.98. The molecule has 1 unspecified atom stereocenters. The van der Waals surface area contributed by atoms with Crippen LogP contribution in [0.25, 0.3) is 0 Å². The van der Waals surface area contributed by atoms with Gasteiger partial charge in [-0.1, -0.05) is 12.1 Å². The summed E-state index contributed by atoms with van der Waals surface area (Å²) in [5.74, 6) is -0.100. The minimum atomic E-state index is -0.389. The van der Waals surface area contributed by atoms with Crippen LogP contribution >= 0.6 is 0 Å². The van der Waals surface area contributed by atoms with Crippen LogP contribution in [-0.4, -0.2) is 28.8 Å². The molecule has 94 valence electrons. The van der Waals surface area contributed by atoms with Crippen LogP contribution in [0.1, 0.15) is 24.8 Å². The number of carbonyl (C=O) groups is 2. The fourth-order valence-corrected chi connectivity index (χ4v) is 2.42. The van der Waals surface area contributed by atoms with Crippen LogP contribution in [0.15, 0.2) is 24.3 Å². The van der Waals surface area contributed by atoms with Crippen molar-refractivity contribution >= 4 is 17.5 Å². The Balaban J connectivity index is 1.74. The van der Waals surface area contributed by atoms with Gasteiger partial charge in [0.25, 0.3) is 5.91 Å². The highest BCUT2D eigenvalue weighted by Gasteiger charge is 2.45. The molecule has 4 heteroatoms. The molecule has 2 aliphatic rings. The highest BCUT2D eigenvalue weighted by Crippen LogP contribution is 2.32. The van der Waals surface area contributed by atoms with Gasteiger partial charge in [-0.05, 0) is 37.5 Å². The number of hydrogen-bond donors (Lipinski definition) is 1. The van der Waals surface area contributed by atoms with Crippen LogP contribution in [-0.2, 0) is 9.59 Å². The van der Waals surface area contributed by atoms with Crippen molar-refractivity contribution in [3.05, 3.63) is 29.8 Å². The van der Waals surface area contributed by atoms with Gasteiger partial charge in [0.05, 0.1) is 6.42 Å². The second-order valence-corrected chi connectivity index (χ2v) is 5.10. The molecule has 1 saturated carbocycles. The smallest absolute Gasteiger partial charge is 0.252 e. The summed E-state index contributed by atoms with van der Waals surface area (Å²) in [6, 6.07) is 7.64. The highest BCUT2D eigenvalue weighted by atomic mass is 16.2. The molecule has 1 saturated heterocycles. The maximum Gasteiger partial charge on any atom is 0.252 e. The maximum atomic E-state index is 12.1. The van der Waals surface area contributed by atoms with Gasteiger partial charge in [0, 0.05) is 11.7 Å². The number of rotatable bonds is 3. The van der Waals surface area contributed by atoms with Gasteiger partial charge in [-0.15, -0.1) is 0 Å². The number of aryl methyl sites for hydroxylation is 1. The first kappa shape index (κ1) is 11.3. The lowest BCUT2D eigenvalue weighted by Crippen LogP contribution is -2.36. The summed E-state index contributed by atoms with van der Waals surface area (Å²) in [7, 11) is 0. The third-order valence-corrected chi connectivity index (χ3v) is 3.45. The number of anilines is 1. The van der Waals surface area contributed by atoms with E-state index in [1.54, 1.807) is 0 Å². The van der Waals surface area contributed by atoms with E-state index in [0.29, 0.717) is 0 Å². The minimum Gasteiger partial charge on any atom is -0.373 e. The average Bonchev–Trinajstić information content (AvgIpc) is 3.09. The van der Waals surface area contributed by atoms with Crippen LogP contribution in [0.2, 0.25) is 0 Å². The zero-order chi connectivity index (χ0) is 12.7. The van der Waals surface area contributed by atoms with Crippen molar-refractivity contribution in [2.45, 2.75) is 38.3 Å². The second-order valence-electron chi connectivity index (χ2n) is 5.10. The van der Waals surface area contributed by atoms with E-state index >= 15 is 0 Å². The summed E-state index contributed by atoms with van der Waals surface area (Å²) >= 11 is 0. The second kappa shape index (κ2) is 4.12. The lowest BCUT2D eigenvalue weighted by atomic mass is 10.2. The Labute approximate surface area is 106 Å². The van der Waals surface area contributed by atoms with Crippen LogP contribution in [0.4, 0.5) is 5.69 Å². The fraction of sp³-hybridized carbons (Fsp3) is 0.429. The Morgan fingerprint density at radius 1 is 1.28 bits per heavy atom. The fourth-order valence-electron chi connectivity index (χ4n) is 2.42. The number of nitrogens with one attached hydrogen (secondary N) is 1. The van der Waals surface area contributed by atoms with Crippen molar-refractivity contribution in [2.75, 3.05) is 5.32 Å². The van der Waals surface area contributed by atoms with E-state index in [4.69, 9.17) is 0 Å². The number of likely N-dealkylation sites (tertiary alicyclic amines) is 1. The average molecular weight is 244 g/mol. The van der Waals surface area contributed by atoms with Crippen molar-refractivity contribution < 1.29 is 9.59 Å².